The van der Waals surface area contributed by atoms with Gasteiger partial charge in [0.2, 0.25) is 23.6 Å². The number of hydrogen-bond acceptors (Lipinski definition) is 9. The minimum atomic E-state index is -0.742. The van der Waals surface area contributed by atoms with Gasteiger partial charge in [-0.3, -0.25) is 19.3 Å². The first-order valence-electron chi connectivity index (χ1n) is 17.0. The summed E-state index contributed by atoms with van der Waals surface area (Å²) in [7, 11) is 1.53. The molecular weight excluding hydrogens is 614 g/mol. The molecule has 3 amide bonds. The standard InChI is InChI=1S/C36H43N5O7/c1-21-26-19-37-35(45)28-18-24(38-34(44)25-6-5-15-40-14-4-3-7-27(25)40)20-41(28)33(43)13-9-22-8-11-29(42)31(16-22)48-32-17-23(36(39-26)47-21)10-12-30(32)46-2/h8,10-12,16-17,24-25,27-28,42H,3-7,9,13-15,18-20H2,1-2H3,(H,37,45)(H,38,44)/t24-,25+,27+,28-/m0/s1. The zero-order valence-corrected chi connectivity index (χ0v) is 27.5. The Balaban J connectivity index is 1.15. The summed E-state index contributed by atoms with van der Waals surface area (Å²) in [5, 5.41) is 16.9. The number of aryl methyl sites for hydroxylation is 2. The Morgan fingerprint density at radius 3 is 2.77 bits per heavy atom. The van der Waals surface area contributed by atoms with Crippen molar-refractivity contribution in [2.45, 2.75) is 83.0 Å². The molecule has 6 bridgehead atoms. The maximum Gasteiger partial charge on any atom is 0.243 e. The molecule has 4 aliphatic rings. The zero-order valence-electron chi connectivity index (χ0n) is 27.5. The Hall–Kier alpha value is -4.58. The molecule has 12 nitrogen and oxygen atoms in total. The lowest BCUT2D eigenvalue weighted by Crippen LogP contribution is -2.54. The lowest BCUT2D eigenvalue weighted by Gasteiger charge is -2.43. The van der Waals surface area contributed by atoms with E-state index in [1.54, 1.807) is 42.2 Å². The van der Waals surface area contributed by atoms with Crippen molar-refractivity contribution < 1.29 is 33.4 Å². The second-order valence-corrected chi connectivity index (χ2v) is 13.4. The molecule has 0 radical (unpaired) electrons. The predicted octanol–water partition coefficient (Wildman–Crippen LogP) is 4.07. The van der Waals surface area contributed by atoms with Crippen molar-refractivity contribution in [3.05, 3.63) is 53.4 Å². The van der Waals surface area contributed by atoms with E-state index in [2.05, 4.69) is 20.5 Å². The fourth-order valence-electron chi connectivity index (χ4n) is 7.74. The molecule has 12 heteroatoms. The number of fused-ring (bicyclic) bond motifs is 9. The van der Waals surface area contributed by atoms with E-state index in [4.69, 9.17) is 13.9 Å². The number of nitrogens with one attached hydrogen (secondary N) is 2. The van der Waals surface area contributed by atoms with Crippen LogP contribution in [-0.2, 0) is 27.3 Å². The summed E-state index contributed by atoms with van der Waals surface area (Å²) < 4.78 is 17.6. The number of amides is 3. The largest absolute Gasteiger partial charge is 0.504 e. The number of nitrogens with zero attached hydrogens (tertiary/aromatic N) is 3. The van der Waals surface area contributed by atoms with Gasteiger partial charge in [-0.15, -0.1) is 0 Å². The molecule has 0 unspecified atom stereocenters. The summed E-state index contributed by atoms with van der Waals surface area (Å²) in [5.74, 6) is 1.29. The topological polar surface area (TPSA) is 146 Å². The van der Waals surface area contributed by atoms with E-state index in [0.717, 1.165) is 44.3 Å². The van der Waals surface area contributed by atoms with Gasteiger partial charge in [0.15, 0.2) is 23.0 Å². The van der Waals surface area contributed by atoms with Crippen LogP contribution in [0.25, 0.3) is 11.5 Å². The van der Waals surface area contributed by atoms with Crippen LogP contribution >= 0.6 is 0 Å². The Kier molecular flexibility index (Phi) is 9.00. The summed E-state index contributed by atoms with van der Waals surface area (Å²) in [6.07, 6.45) is 6.05. The number of carbonyl (C=O) groups is 3. The third-order valence-electron chi connectivity index (χ3n) is 10.3. The number of methoxy groups -OCH3 is 1. The fourth-order valence-corrected chi connectivity index (χ4v) is 7.74. The van der Waals surface area contributed by atoms with E-state index in [1.807, 2.05) is 0 Å². The van der Waals surface area contributed by atoms with Gasteiger partial charge < -0.3 is 34.5 Å². The number of ether oxygens (including phenoxy) is 2. The molecule has 0 saturated carbocycles. The maximum absolute atomic E-state index is 13.8. The van der Waals surface area contributed by atoms with Crippen LogP contribution in [0.5, 0.6) is 23.0 Å². The van der Waals surface area contributed by atoms with Crippen LogP contribution in [0.15, 0.2) is 40.8 Å². The number of rotatable bonds is 3. The monoisotopic (exact) mass is 657 g/mol. The summed E-state index contributed by atoms with van der Waals surface area (Å²) >= 11 is 0. The molecule has 3 aromatic rings. The average molecular weight is 658 g/mol. The van der Waals surface area contributed by atoms with Gasteiger partial charge in [0, 0.05) is 30.6 Å². The van der Waals surface area contributed by atoms with Crippen molar-refractivity contribution in [2.24, 2.45) is 5.92 Å². The molecule has 48 heavy (non-hydrogen) atoms. The van der Waals surface area contributed by atoms with Gasteiger partial charge in [0.25, 0.3) is 0 Å². The number of aromatic nitrogens is 1. The molecule has 2 aromatic carbocycles. The molecule has 1 aromatic heterocycles. The van der Waals surface area contributed by atoms with Crippen molar-refractivity contribution in [2.75, 3.05) is 26.7 Å². The molecule has 254 valence electrons. The maximum atomic E-state index is 13.8. The lowest BCUT2D eigenvalue weighted by molar-refractivity contribution is -0.138. The van der Waals surface area contributed by atoms with Crippen LogP contribution in [0.1, 0.15) is 62.0 Å². The summed E-state index contributed by atoms with van der Waals surface area (Å²) in [6.45, 7) is 4.24. The first kappa shape index (κ1) is 32.0. The van der Waals surface area contributed by atoms with Gasteiger partial charge >= 0.3 is 0 Å². The smallest absolute Gasteiger partial charge is 0.243 e. The van der Waals surface area contributed by atoms with Gasteiger partial charge in [-0.25, -0.2) is 4.98 Å². The molecular formula is C36H43N5O7. The van der Waals surface area contributed by atoms with Crippen molar-refractivity contribution >= 4 is 17.7 Å². The van der Waals surface area contributed by atoms with Crippen LogP contribution in [0, 0.1) is 12.8 Å². The predicted molar refractivity (Wildman–Crippen MR) is 176 cm³/mol. The number of phenols is 1. The van der Waals surface area contributed by atoms with Crippen LogP contribution in [-0.4, -0.2) is 82.5 Å². The number of benzene rings is 2. The number of hydrogen-bond donors (Lipinski definition) is 3. The molecule has 4 atom stereocenters. The van der Waals surface area contributed by atoms with E-state index in [0.29, 0.717) is 47.2 Å². The van der Waals surface area contributed by atoms with Crippen LogP contribution in [0.4, 0.5) is 0 Å². The van der Waals surface area contributed by atoms with Gasteiger partial charge in [0.1, 0.15) is 17.5 Å². The lowest BCUT2D eigenvalue weighted by atomic mass is 9.83. The molecule has 7 rings (SSSR count). The average Bonchev–Trinajstić information content (AvgIpc) is 3.69. The molecule has 3 saturated heterocycles. The summed E-state index contributed by atoms with van der Waals surface area (Å²) in [5.41, 5.74) is 1.96. The van der Waals surface area contributed by atoms with Gasteiger partial charge in [-0.05, 0) is 94.4 Å². The molecule has 5 heterocycles. The minimum Gasteiger partial charge on any atom is -0.504 e. The van der Waals surface area contributed by atoms with Gasteiger partial charge in [-0.1, -0.05) is 12.5 Å². The normalized spacial score (nSPS) is 24.8. The molecule has 3 fully saturated rings. The molecule has 3 N–H and O–H groups in total. The summed E-state index contributed by atoms with van der Waals surface area (Å²) in [4.78, 5) is 49.9. The Morgan fingerprint density at radius 2 is 1.92 bits per heavy atom. The Labute approximate surface area is 279 Å². The zero-order chi connectivity index (χ0) is 33.4. The van der Waals surface area contributed by atoms with Gasteiger partial charge in [0.05, 0.1) is 19.6 Å². The van der Waals surface area contributed by atoms with Crippen LogP contribution < -0.4 is 20.1 Å². The fraction of sp³-hybridized carbons (Fsp3) is 0.500. The van der Waals surface area contributed by atoms with Crippen molar-refractivity contribution in [1.82, 2.24) is 25.4 Å². The van der Waals surface area contributed by atoms with E-state index in [-0.39, 0.29) is 66.7 Å². The highest BCUT2D eigenvalue weighted by atomic mass is 16.5. The Morgan fingerprint density at radius 1 is 1.06 bits per heavy atom. The third kappa shape index (κ3) is 6.45. The number of phenolic OH excluding ortho intramolecular Hbond substituents is 1. The second-order valence-electron chi connectivity index (χ2n) is 13.4. The number of piperidine rings is 2. The van der Waals surface area contributed by atoms with E-state index < -0.39 is 6.04 Å². The summed E-state index contributed by atoms with van der Waals surface area (Å²) in [6, 6.07) is 9.40. The van der Waals surface area contributed by atoms with E-state index >= 15 is 0 Å². The van der Waals surface area contributed by atoms with Crippen LogP contribution in [0.3, 0.4) is 0 Å². The second kappa shape index (κ2) is 13.5. The first-order valence-corrected chi connectivity index (χ1v) is 17.0. The quantitative estimate of drug-likeness (QED) is 0.380. The van der Waals surface area contributed by atoms with Crippen molar-refractivity contribution in [3.63, 3.8) is 0 Å². The SMILES string of the molecule is COc1ccc2cc1Oc1cc(ccc1O)CCC(=O)N1C[C@@H](NC(=O)[C@@H]3CCCN4CCCC[C@H]34)C[C@H]1C(=O)NCc1nc-2oc1C. The third-order valence-corrected chi connectivity index (χ3v) is 10.3. The van der Waals surface area contributed by atoms with Crippen molar-refractivity contribution in [3.8, 4) is 34.5 Å². The number of oxazole rings is 1. The highest BCUT2D eigenvalue weighted by Gasteiger charge is 2.42. The first-order chi connectivity index (χ1) is 23.3. The molecule has 4 aliphatic heterocycles. The van der Waals surface area contributed by atoms with Crippen LogP contribution in [0.2, 0.25) is 0 Å². The van der Waals surface area contributed by atoms with Gasteiger partial charge in [-0.2, -0.15) is 0 Å². The van der Waals surface area contributed by atoms with E-state index in [1.165, 1.54) is 19.6 Å². The van der Waals surface area contributed by atoms with E-state index in [9.17, 15) is 19.5 Å². The molecule has 0 aliphatic carbocycles. The number of aromatic hydroxyl groups is 1. The number of carbonyl (C=O) groups excluding carboxylic acids is 3. The Bertz CT molecular complexity index is 1700. The highest BCUT2D eigenvalue weighted by molar-refractivity contribution is 5.89. The van der Waals surface area contributed by atoms with Crippen molar-refractivity contribution in [1.29, 1.82) is 0 Å². The minimum absolute atomic E-state index is 0.0262. The molecule has 0 spiro atoms. The highest BCUT2D eigenvalue weighted by Crippen LogP contribution is 2.39.